The number of benzene rings is 1. The molecule has 1 aromatic carbocycles. The molecule has 0 aliphatic carbocycles. The van der Waals surface area contributed by atoms with E-state index in [0.717, 1.165) is 10.3 Å². The molecule has 116 valence electrons. The smallest absolute Gasteiger partial charge is 0.261 e. The third kappa shape index (κ3) is 2.45. The summed E-state index contributed by atoms with van der Waals surface area (Å²) in [5.41, 5.74) is 0.556. The predicted molar refractivity (Wildman–Crippen MR) is 79.0 cm³/mol. The summed E-state index contributed by atoms with van der Waals surface area (Å²) in [5.74, 6) is -2.15. The maximum absolute atomic E-state index is 12.2. The lowest BCUT2D eigenvalue weighted by atomic mass is 10.0. The molecule has 2 aliphatic rings. The summed E-state index contributed by atoms with van der Waals surface area (Å²) in [6.45, 7) is -0.295. The van der Waals surface area contributed by atoms with Gasteiger partial charge in [0.05, 0.1) is 29.5 Å². The molecule has 2 atom stereocenters. The van der Waals surface area contributed by atoms with Gasteiger partial charge in [0.15, 0.2) is 9.84 Å². The highest BCUT2D eigenvalue weighted by Gasteiger charge is 2.40. The Labute approximate surface area is 131 Å². The average Bonchev–Trinajstić information content (AvgIpc) is 2.87. The fraction of sp³-hybridized carbons (Fsp3) is 0.286. The zero-order valence-corrected chi connectivity index (χ0v) is 12.8. The standard InChI is InChI=1S/C14H12ClNO5S/c15-11-7-22(20,21)6-10(11)12(17)5-16-13(18)8-3-1-2-4-9(8)14(16)19/h1-4,7,10,12,17H,5-6H2. The third-order valence-corrected chi connectivity index (χ3v) is 5.73. The fourth-order valence-corrected chi connectivity index (χ4v) is 4.89. The molecule has 2 amide bonds. The molecule has 6 nitrogen and oxygen atoms in total. The van der Waals surface area contributed by atoms with Crippen LogP contribution in [0.25, 0.3) is 0 Å². The van der Waals surface area contributed by atoms with Crippen LogP contribution in [0, 0.1) is 5.92 Å². The summed E-state index contributed by atoms with van der Waals surface area (Å²) in [4.78, 5) is 25.3. The summed E-state index contributed by atoms with van der Waals surface area (Å²) in [6, 6.07) is 6.36. The Bertz CT molecular complexity index is 766. The van der Waals surface area contributed by atoms with Crippen LogP contribution in [0.4, 0.5) is 0 Å². The monoisotopic (exact) mass is 341 g/mol. The first-order valence-electron chi connectivity index (χ1n) is 6.53. The molecule has 0 fully saturated rings. The van der Waals surface area contributed by atoms with E-state index in [2.05, 4.69) is 0 Å². The molecule has 0 bridgehead atoms. The van der Waals surface area contributed by atoms with Gasteiger partial charge in [0.2, 0.25) is 0 Å². The van der Waals surface area contributed by atoms with Gasteiger partial charge >= 0.3 is 0 Å². The number of sulfone groups is 1. The summed E-state index contributed by atoms with van der Waals surface area (Å²) in [7, 11) is -3.45. The maximum atomic E-state index is 12.2. The first-order chi connectivity index (χ1) is 10.3. The van der Waals surface area contributed by atoms with Crippen LogP contribution < -0.4 is 0 Å². The Morgan fingerprint density at radius 2 is 1.77 bits per heavy atom. The highest BCUT2D eigenvalue weighted by atomic mass is 35.5. The maximum Gasteiger partial charge on any atom is 0.261 e. The lowest BCUT2D eigenvalue weighted by molar-refractivity contribution is 0.0495. The number of amides is 2. The second kappa shape index (κ2) is 5.19. The van der Waals surface area contributed by atoms with Crippen LogP contribution in [-0.2, 0) is 9.84 Å². The highest BCUT2D eigenvalue weighted by Crippen LogP contribution is 2.31. The van der Waals surface area contributed by atoms with Gasteiger partial charge in [0, 0.05) is 16.4 Å². The van der Waals surface area contributed by atoms with E-state index in [0.29, 0.717) is 0 Å². The minimum Gasteiger partial charge on any atom is -0.391 e. The zero-order valence-electron chi connectivity index (χ0n) is 11.3. The minimum absolute atomic E-state index is 0.0177. The second-order valence-electron chi connectivity index (χ2n) is 5.27. The Hall–Kier alpha value is -1.70. The molecular weight excluding hydrogens is 330 g/mol. The largest absolute Gasteiger partial charge is 0.391 e. The fourth-order valence-electron chi connectivity index (χ4n) is 2.65. The van der Waals surface area contributed by atoms with Crippen LogP contribution in [0.3, 0.4) is 0 Å². The Morgan fingerprint density at radius 3 is 2.23 bits per heavy atom. The van der Waals surface area contributed by atoms with E-state index < -0.39 is 33.7 Å². The topological polar surface area (TPSA) is 91.8 Å². The number of fused-ring (bicyclic) bond motifs is 1. The Kier molecular flexibility index (Phi) is 3.58. The van der Waals surface area contributed by atoms with Crippen LogP contribution in [0.5, 0.6) is 0 Å². The number of carbonyl (C=O) groups excluding carboxylic acids is 2. The van der Waals surface area contributed by atoms with Crippen LogP contribution in [-0.4, -0.2) is 48.6 Å². The van der Waals surface area contributed by atoms with E-state index in [-0.39, 0.29) is 28.5 Å². The lowest BCUT2D eigenvalue weighted by Gasteiger charge is -2.22. The van der Waals surface area contributed by atoms with E-state index in [1.54, 1.807) is 12.1 Å². The van der Waals surface area contributed by atoms with Crippen molar-refractivity contribution in [1.29, 1.82) is 0 Å². The summed E-state index contributed by atoms with van der Waals surface area (Å²) >= 11 is 5.84. The number of aliphatic hydroxyl groups is 1. The van der Waals surface area contributed by atoms with Crippen molar-refractivity contribution in [2.45, 2.75) is 6.10 Å². The highest BCUT2D eigenvalue weighted by molar-refractivity contribution is 7.94. The normalized spacial score (nSPS) is 24.4. The van der Waals surface area contributed by atoms with E-state index in [4.69, 9.17) is 11.6 Å². The van der Waals surface area contributed by atoms with Gasteiger partial charge in [-0.15, -0.1) is 0 Å². The van der Waals surface area contributed by atoms with Gasteiger partial charge < -0.3 is 5.11 Å². The molecule has 0 spiro atoms. The van der Waals surface area contributed by atoms with E-state index in [1.807, 2.05) is 0 Å². The van der Waals surface area contributed by atoms with Crippen molar-refractivity contribution in [1.82, 2.24) is 4.90 Å². The van der Waals surface area contributed by atoms with Crippen LogP contribution >= 0.6 is 11.6 Å². The van der Waals surface area contributed by atoms with Crippen LogP contribution in [0.1, 0.15) is 20.7 Å². The number of aliphatic hydroxyl groups excluding tert-OH is 1. The number of nitrogens with zero attached hydrogens (tertiary/aromatic N) is 1. The first kappa shape index (κ1) is 15.2. The molecule has 2 heterocycles. The van der Waals surface area contributed by atoms with Crippen molar-refractivity contribution < 1.29 is 23.1 Å². The molecule has 3 rings (SSSR count). The van der Waals surface area contributed by atoms with Crippen molar-refractivity contribution in [2.75, 3.05) is 12.3 Å². The van der Waals surface area contributed by atoms with Gasteiger partial charge in [-0.2, -0.15) is 0 Å². The number of hydrogen-bond donors (Lipinski definition) is 1. The quantitative estimate of drug-likeness (QED) is 0.820. The molecule has 1 N–H and O–H groups in total. The van der Waals surface area contributed by atoms with E-state index in [1.165, 1.54) is 12.1 Å². The summed E-state index contributed by atoms with van der Waals surface area (Å²) < 4.78 is 23.0. The second-order valence-corrected chi connectivity index (χ2v) is 7.60. The van der Waals surface area contributed by atoms with Crippen molar-refractivity contribution >= 4 is 33.3 Å². The number of rotatable bonds is 3. The molecule has 2 aliphatic heterocycles. The molecular formula is C14H12ClNO5S. The summed E-state index contributed by atoms with van der Waals surface area (Å²) in [5, 5.41) is 11.1. The first-order valence-corrected chi connectivity index (χ1v) is 8.62. The van der Waals surface area contributed by atoms with Gasteiger partial charge in [0.25, 0.3) is 11.8 Å². The molecule has 8 heteroatoms. The molecule has 0 radical (unpaired) electrons. The SMILES string of the molecule is O=C1c2ccccc2C(=O)N1CC(O)C1CS(=O)(=O)C=C1Cl. The molecule has 2 unspecified atom stereocenters. The number of carbonyl (C=O) groups is 2. The number of halogens is 1. The molecule has 0 aromatic heterocycles. The van der Waals surface area contributed by atoms with E-state index in [9.17, 15) is 23.1 Å². The van der Waals surface area contributed by atoms with Crippen molar-refractivity contribution in [2.24, 2.45) is 5.92 Å². The minimum atomic E-state index is -3.45. The number of hydrogen-bond acceptors (Lipinski definition) is 5. The molecule has 1 aromatic rings. The molecule has 0 saturated carbocycles. The van der Waals surface area contributed by atoms with Gasteiger partial charge in [0.1, 0.15) is 0 Å². The zero-order chi connectivity index (χ0) is 16.1. The average molecular weight is 342 g/mol. The van der Waals surface area contributed by atoms with Gasteiger partial charge in [-0.1, -0.05) is 23.7 Å². The van der Waals surface area contributed by atoms with Gasteiger partial charge in [-0.05, 0) is 12.1 Å². The van der Waals surface area contributed by atoms with Gasteiger partial charge in [-0.25, -0.2) is 8.42 Å². The molecule has 0 saturated heterocycles. The van der Waals surface area contributed by atoms with Crippen LogP contribution in [0.2, 0.25) is 0 Å². The van der Waals surface area contributed by atoms with Crippen LogP contribution in [0.15, 0.2) is 34.7 Å². The Balaban J connectivity index is 1.80. The Morgan fingerprint density at radius 1 is 1.23 bits per heavy atom. The van der Waals surface area contributed by atoms with Crippen molar-refractivity contribution in [3.8, 4) is 0 Å². The van der Waals surface area contributed by atoms with E-state index >= 15 is 0 Å². The third-order valence-electron chi connectivity index (χ3n) is 3.77. The van der Waals surface area contributed by atoms with Crippen molar-refractivity contribution in [3.05, 3.63) is 45.8 Å². The van der Waals surface area contributed by atoms with Gasteiger partial charge in [-0.3, -0.25) is 14.5 Å². The number of imide groups is 1. The predicted octanol–water partition coefficient (Wildman–Crippen LogP) is 0.768. The lowest BCUT2D eigenvalue weighted by Crippen LogP contribution is -2.40. The summed E-state index contributed by atoms with van der Waals surface area (Å²) in [6.07, 6.45) is -1.23. The number of β-amino-alcohol motifs (C(OH)–C–C–N with tert-alkyl or cyclic N) is 1. The molecule has 22 heavy (non-hydrogen) atoms. The van der Waals surface area contributed by atoms with Crippen molar-refractivity contribution in [3.63, 3.8) is 0 Å².